The maximum Gasteiger partial charge on any atom is 0.280 e. The molecule has 0 amide bonds. The number of nitrogens with two attached hydrogens (primary N) is 1. The van der Waals surface area contributed by atoms with E-state index in [4.69, 9.17) is 10.5 Å². The Hall–Kier alpha value is -0.210. The molecule has 1 aliphatic heterocycles. The molecule has 0 unspecified atom stereocenters. The zero-order valence-corrected chi connectivity index (χ0v) is 9.42. The zero-order chi connectivity index (χ0) is 10.9. The van der Waals surface area contributed by atoms with E-state index in [1.165, 1.54) is 4.31 Å². The fraction of sp³-hybridized carbons (Fsp3) is 1.00. The minimum absolute atomic E-state index is 0.364. The summed E-state index contributed by atoms with van der Waals surface area (Å²) in [6, 6.07) is 0. The Morgan fingerprint density at radius 1 is 1.33 bits per heavy atom. The van der Waals surface area contributed by atoms with Gasteiger partial charge in [0.1, 0.15) is 0 Å². The first-order valence-corrected chi connectivity index (χ1v) is 6.59. The Morgan fingerprint density at radius 3 is 2.40 bits per heavy atom. The fourth-order valence-electron chi connectivity index (χ4n) is 1.62. The van der Waals surface area contributed by atoms with Gasteiger partial charge in [-0.25, -0.2) is 0 Å². The van der Waals surface area contributed by atoms with Crippen LogP contribution in [0.15, 0.2) is 0 Å². The standard InChI is InChI=1S/C8H17N3O3S/c9-7-8(1-2-8)10-15(12,13)11-3-5-14-6-4-11/h10H,1-7,9H2. The topological polar surface area (TPSA) is 84.7 Å². The van der Waals surface area contributed by atoms with Gasteiger partial charge in [-0.3, -0.25) is 0 Å². The summed E-state index contributed by atoms with van der Waals surface area (Å²) >= 11 is 0. The Balaban J connectivity index is 1.99. The summed E-state index contributed by atoms with van der Waals surface area (Å²) in [6.07, 6.45) is 1.68. The van der Waals surface area contributed by atoms with Crippen LogP contribution in [0.2, 0.25) is 0 Å². The Kier molecular flexibility index (Phi) is 3.00. The molecule has 88 valence electrons. The molecule has 0 spiro atoms. The molecule has 0 aromatic rings. The van der Waals surface area contributed by atoms with E-state index in [9.17, 15) is 8.42 Å². The molecular formula is C8H17N3O3S. The van der Waals surface area contributed by atoms with Crippen molar-refractivity contribution in [3.63, 3.8) is 0 Å². The summed E-state index contributed by atoms with van der Waals surface area (Å²) in [6.45, 7) is 2.16. The van der Waals surface area contributed by atoms with Crippen molar-refractivity contribution in [2.24, 2.45) is 5.73 Å². The van der Waals surface area contributed by atoms with E-state index in [1.54, 1.807) is 0 Å². The second kappa shape index (κ2) is 3.99. The highest BCUT2D eigenvalue weighted by Crippen LogP contribution is 2.35. The number of rotatable bonds is 4. The van der Waals surface area contributed by atoms with Crippen molar-refractivity contribution >= 4 is 10.2 Å². The lowest BCUT2D eigenvalue weighted by Crippen LogP contribution is -2.52. The first-order chi connectivity index (χ1) is 7.08. The summed E-state index contributed by atoms with van der Waals surface area (Å²) in [4.78, 5) is 0. The molecule has 0 aromatic heterocycles. The van der Waals surface area contributed by atoms with Gasteiger partial charge in [0.25, 0.3) is 10.2 Å². The van der Waals surface area contributed by atoms with Crippen LogP contribution >= 0.6 is 0 Å². The molecule has 0 aromatic carbocycles. The Labute approximate surface area is 89.9 Å². The number of hydrogen-bond donors (Lipinski definition) is 2. The molecule has 2 aliphatic rings. The van der Waals surface area contributed by atoms with Crippen LogP contribution in [0.5, 0.6) is 0 Å². The Bertz CT molecular complexity index is 320. The summed E-state index contributed by atoms with van der Waals surface area (Å²) < 4.78 is 33.0. The number of nitrogens with one attached hydrogen (secondary N) is 1. The van der Waals surface area contributed by atoms with Crippen LogP contribution in [0.3, 0.4) is 0 Å². The highest BCUT2D eigenvalue weighted by atomic mass is 32.2. The average Bonchev–Trinajstić information content (AvgIpc) is 2.99. The minimum atomic E-state index is -3.37. The lowest BCUT2D eigenvalue weighted by Gasteiger charge is -2.28. The fourth-order valence-corrected chi connectivity index (χ4v) is 3.22. The number of hydrogen-bond acceptors (Lipinski definition) is 4. The highest BCUT2D eigenvalue weighted by Gasteiger charge is 2.45. The van der Waals surface area contributed by atoms with Crippen molar-refractivity contribution in [3.8, 4) is 0 Å². The number of morpholine rings is 1. The lowest BCUT2D eigenvalue weighted by atomic mass is 10.3. The molecule has 0 radical (unpaired) electrons. The average molecular weight is 235 g/mol. The molecule has 0 bridgehead atoms. The first-order valence-electron chi connectivity index (χ1n) is 5.15. The molecule has 2 fully saturated rings. The molecule has 1 heterocycles. The third kappa shape index (κ3) is 2.48. The molecule has 1 saturated carbocycles. The molecule has 15 heavy (non-hydrogen) atoms. The van der Waals surface area contributed by atoms with Crippen LogP contribution in [0, 0.1) is 0 Å². The quantitative estimate of drug-likeness (QED) is 0.630. The van der Waals surface area contributed by atoms with Crippen molar-refractivity contribution in [1.29, 1.82) is 0 Å². The van der Waals surface area contributed by atoms with Crippen LogP contribution in [0.4, 0.5) is 0 Å². The van der Waals surface area contributed by atoms with Crippen molar-refractivity contribution in [2.75, 3.05) is 32.8 Å². The first kappa shape index (κ1) is 11.3. The SMILES string of the molecule is NCC1(NS(=O)(=O)N2CCOCC2)CC1. The molecular weight excluding hydrogens is 218 g/mol. The summed E-state index contributed by atoms with van der Waals surface area (Å²) in [7, 11) is -3.37. The van der Waals surface area contributed by atoms with Crippen molar-refractivity contribution in [3.05, 3.63) is 0 Å². The van der Waals surface area contributed by atoms with Gasteiger partial charge in [0, 0.05) is 25.2 Å². The summed E-state index contributed by atoms with van der Waals surface area (Å²) in [5.41, 5.74) is 5.17. The van der Waals surface area contributed by atoms with E-state index >= 15 is 0 Å². The van der Waals surface area contributed by atoms with Gasteiger partial charge in [-0.1, -0.05) is 0 Å². The van der Waals surface area contributed by atoms with Gasteiger partial charge >= 0.3 is 0 Å². The van der Waals surface area contributed by atoms with E-state index in [0.29, 0.717) is 32.8 Å². The van der Waals surface area contributed by atoms with Crippen LogP contribution in [0.25, 0.3) is 0 Å². The van der Waals surface area contributed by atoms with Crippen molar-refractivity contribution in [1.82, 2.24) is 9.03 Å². The largest absolute Gasteiger partial charge is 0.379 e. The molecule has 1 aliphatic carbocycles. The smallest absolute Gasteiger partial charge is 0.280 e. The number of nitrogens with zero attached hydrogens (tertiary/aromatic N) is 1. The van der Waals surface area contributed by atoms with Crippen LogP contribution in [-0.2, 0) is 14.9 Å². The van der Waals surface area contributed by atoms with Gasteiger partial charge in [-0.15, -0.1) is 0 Å². The monoisotopic (exact) mass is 235 g/mol. The van der Waals surface area contributed by atoms with Gasteiger partial charge < -0.3 is 10.5 Å². The predicted molar refractivity (Wildman–Crippen MR) is 55.5 cm³/mol. The Morgan fingerprint density at radius 2 is 1.93 bits per heavy atom. The van der Waals surface area contributed by atoms with E-state index in [2.05, 4.69) is 4.72 Å². The molecule has 2 rings (SSSR count). The summed E-state index contributed by atoms with van der Waals surface area (Å²) in [5.74, 6) is 0. The molecule has 7 heteroatoms. The van der Waals surface area contributed by atoms with E-state index in [-0.39, 0.29) is 5.54 Å². The van der Waals surface area contributed by atoms with Crippen LogP contribution < -0.4 is 10.5 Å². The van der Waals surface area contributed by atoms with Gasteiger partial charge in [0.2, 0.25) is 0 Å². The normalized spacial score (nSPS) is 26.5. The van der Waals surface area contributed by atoms with E-state index in [1.807, 2.05) is 0 Å². The lowest BCUT2D eigenvalue weighted by molar-refractivity contribution is 0.0722. The van der Waals surface area contributed by atoms with Crippen LogP contribution in [0.1, 0.15) is 12.8 Å². The van der Waals surface area contributed by atoms with Crippen LogP contribution in [-0.4, -0.2) is 51.1 Å². The molecule has 1 saturated heterocycles. The second-order valence-corrected chi connectivity index (χ2v) is 5.77. The molecule has 6 nitrogen and oxygen atoms in total. The van der Waals surface area contributed by atoms with Crippen molar-refractivity contribution in [2.45, 2.75) is 18.4 Å². The summed E-state index contributed by atoms with van der Waals surface area (Å²) in [5, 5.41) is 0. The third-order valence-corrected chi connectivity index (χ3v) is 4.64. The van der Waals surface area contributed by atoms with Crippen molar-refractivity contribution < 1.29 is 13.2 Å². The predicted octanol–water partition coefficient (Wildman–Crippen LogP) is -1.36. The maximum atomic E-state index is 11.9. The maximum absolute atomic E-state index is 11.9. The minimum Gasteiger partial charge on any atom is -0.379 e. The van der Waals surface area contributed by atoms with E-state index in [0.717, 1.165) is 12.8 Å². The molecule has 3 N–H and O–H groups in total. The zero-order valence-electron chi connectivity index (χ0n) is 8.61. The number of ether oxygens (including phenoxy) is 1. The third-order valence-electron chi connectivity index (χ3n) is 2.90. The van der Waals surface area contributed by atoms with Gasteiger partial charge in [-0.05, 0) is 12.8 Å². The molecule has 0 atom stereocenters. The second-order valence-electron chi connectivity index (χ2n) is 4.10. The van der Waals surface area contributed by atoms with E-state index < -0.39 is 10.2 Å². The highest BCUT2D eigenvalue weighted by molar-refractivity contribution is 7.87. The van der Waals surface area contributed by atoms with Gasteiger partial charge in [-0.2, -0.15) is 17.4 Å². The van der Waals surface area contributed by atoms with Gasteiger partial charge in [0.15, 0.2) is 0 Å². The van der Waals surface area contributed by atoms with Gasteiger partial charge in [0.05, 0.1) is 13.2 Å².